The normalized spacial score (nSPS) is 11.9. The monoisotopic (exact) mass is 402 g/mol. The van der Waals surface area contributed by atoms with Crippen molar-refractivity contribution >= 4 is 11.9 Å². The van der Waals surface area contributed by atoms with Crippen LogP contribution in [-0.4, -0.2) is 22.2 Å². The number of carbonyl (C=O) groups is 2. The molecule has 0 atom stereocenters. The largest absolute Gasteiger partial charge is 0.478 e. The van der Waals surface area contributed by atoms with Crippen LogP contribution < -0.4 is 0 Å². The van der Waals surface area contributed by atoms with E-state index in [-0.39, 0.29) is 22.0 Å². The fraction of sp³-hybridized carbons (Fsp3) is 0.231. The van der Waals surface area contributed by atoms with Crippen molar-refractivity contribution in [2.75, 3.05) is 0 Å². The first-order chi connectivity index (χ1) is 14.0. The van der Waals surface area contributed by atoms with Gasteiger partial charge in [0.1, 0.15) is 0 Å². The SMILES string of the molecule is CC(C)(c1ccc(C(=O)O)cc1)c1ccc(C(C)(C)c2cccc(C(=O)O)c2)cc1. The van der Waals surface area contributed by atoms with E-state index in [4.69, 9.17) is 5.11 Å². The molecule has 4 nitrogen and oxygen atoms in total. The van der Waals surface area contributed by atoms with Crippen LogP contribution >= 0.6 is 0 Å². The third-order valence-electron chi connectivity index (χ3n) is 6.01. The summed E-state index contributed by atoms with van der Waals surface area (Å²) in [5, 5.41) is 18.4. The van der Waals surface area contributed by atoms with E-state index >= 15 is 0 Å². The molecule has 0 aromatic heterocycles. The average Bonchev–Trinajstić information content (AvgIpc) is 2.74. The highest BCUT2D eigenvalue weighted by atomic mass is 16.4. The highest BCUT2D eigenvalue weighted by molar-refractivity contribution is 5.88. The molecule has 3 aromatic rings. The number of carboxylic acids is 2. The third-order valence-corrected chi connectivity index (χ3v) is 6.01. The van der Waals surface area contributed by atoms with Gasteiger partial charge < -0.3 is 10.2 Å². The smallest absolute Gasteiger partial charge is 0.335 e. The molecule has 0 aliphatic rings. The van der Waals surface area contributed by atoms with E-state index in [9.17, 15) is 14.7 Å². The summed E-state index contributed by atoms with van der Waals surface area (Å²) in [5.41, 5.74) is 4.10. The van der Waals surface area contributed by atoms with Gasteiger partial charge in [-0.25, -0.2) is 9.59 Å². The number of benzene rings is 3. The lowest BCUT2D eigenvalue weighted by atomic mass is 9.74. The van der Waals surface area contributed by atoms with Crippen LogP contribution in [0.25, 0.3) is 0 Å². The second kappa shape index (κ2) is 7.79. The van der Waals surface area contributed by atoms with Crippen molar-refractivity contribution in [1.29, 1.82) is 0 Å². The molecular formula is C26H26O4. The molecule has 0 saturated heterocycles. The topological polar surface area (TPSA) is 74.6 Å². The van der Waals surface area contributed by atoms with Crippen molar-refractivity contribution in [2.45, 2.75) is 38.5 Å². The quantitative estimate of drug-likeness (QED) is 0.552. The molecule has 0 aliphatic heterocycles. The Morgan fingerprint density at radius 3 is 1.40 bits per heavy atom. The molecule has 2 N–H and O–H groups in total. The molecule has 3 aromatic carbocycles. The van der Waals surface area contributed by atoms with Crippen LogP contribution in [0.2, 0.25) is 0 Å². The highest BCUT2D eigenvalue weighted by Crippen LogP contribution is 2.36. The first kappa shape index (κ1) is 21.3. The van der Waals surface area contributed by atoms with Crippen molar-refractivity contribution in [3.63, 3.8) is 0 Å². The van der Waals surface area contributed by atoms with Crippen molar-refractivity contribution in [1.82, 2.24) is 0 Å². The van der Waals surface area contributed by atoms with E-state index in [1.54, 1.807) is 30.3 Å². The number of aromatic carboxylic acids is 2. The number of hydrogen-bond acceptors (Lipinski definition) is 2. The minimum Gasteiger partial charge on any atom is -0.478 e. The van der Waals surface area contributed by atoms with Gasteiger partial charge in [0, 0.05) is 10.8 Å². The van der Waals surface area contributed by atoms with Crippen molar-refractivity contribution in [3.05, 3.63) is 106 Å². The summed E-state index contributed by atoms with van der Waals surface area (Å²) >= 11 is 0. The lowest BCUT2D eigenvalue weighted by Gasteiger charge is -2.29. The average molecular weight is 402 g/mol. The van der Waals surface area contributed by atoms with E-state index in [1.165, 1.54) is 0 Å². The molecule has 0 amide bonds. The Hall–Kier alpha value is -3.40. The van der Waals surface area contributed by atoms with Gasteiger partial charge in [0.15, 0.2) is 0 Å². The molecule has 0 spiro atoms. The zero-order valence-electron chi connectivity index (χ0n) is 17.6. The predicted octanol–water partition coefficient (Wildman–Crippen LogP) is 5.73. The maximum Gasteiger partial charge on any atom is 0.335 e. The first-order valence-corrected chi connectivity index (χ1v) is 9.82. The summed E-state index contributed by atoms with van der Waals surface area (Å²) in [6, 6.07) is 22.4. The molecule has 3 rings (SSSR count). The number of hydrogen-bond donors (Lipinski definition) is 2. The number of carboxylic acid groups (broad SMARTS) is 2. The van der Waals surface area contributed by atoms with Gasteiger partial charge in [0.2, 0.25) is 0 Å². The Balaban J connectivity index is 1.92. The van der Waals surface area contributed by atoms with Crippen LogP contribution in [0.15, 0.2) is 72.8 Å². The van der Waals surface area contributed by atoms with Crippen LogP contribution in [0, 0.1) is 0 Å². The molecule has 0 bridgehead atoms. The molecule has 0 radical (unpaired) electrons. The zero-order chi connectivity index (χ0) is 22.1. The summed E-state index contributed by atoms with van der Waals surface area (Å²) in [7, 11) is 0. The van der Waals surface area contributed by atoms with Gasteiger partial charge in [-0.3, -0.25) is 0 Å². The summed E-state index contributed by atoms with van der Waals surface area (Å²) in [6.45, 7) is 8.38. The van der Waals surface area contributed by atoms with E-state index in [1.807, 2.05) is 18.2 Å². The van der Waals surface area contributed by atoms with Crippen LogP contribution in [0.5, 0.6) is 0 Å². The lowest BCUT2D eigenvalue weighted by molar-refractivity contribution is 0.0686. The molecule has 0 fully saturated rings. The summed E-state index contributed by atoms with van der Waals surface area (Å²) < 4.78 is 0. The van der Waals surface area contributed by atoms with Crippen molar-refractivity contribution in [3.8, 4) is 0 Å². The maximum atomic E-state index is 11.3. The lowest BCUT2D eigenvalue weighted by Crippen LogP contribution is -2.22. The fourth-order valence-corrected chi connectivity index (χ4v) is 3.71. The van der Waals surface area contributed by atoms with E-state index < -0.39 is 11.9 Å². The van der Waals surface area contributed by atoms with E-state index in [0.29, 0.717) is 0 Å². The number of rotatable bonds is 6. The second-order valence-electron chi connectivity index (χ2n) is 8.60. The van der Waals surface area contributed by atoms with Crippen molar-refractivity contribution < 1.29 is 19.8 Å². The first-order valence-electron chi connectivity index (χ1n) is 9.82. The van der Waals surface area contributed by atoms with Crippen molar-refractivity contribution in [2.24, 2.45) is 0 Å². The Kier molecular flexibility index (Phi) is 5.53. The Morgan fingerprint density at radius 2 is 0.967 bits per heavy atom. The Morgan fingerprint density at radius 1 is 0.567 bits per heavy atom. The van der Waals surface area contributed by atoms with Crippen LogP contribution in [0.3, 0.4) is 0 Å². The van der Waals surface area contributed by atoms with Gasteiger partial charge in [-0.2, -0.15) is 0 Å². The molecule has 30 heavy (non-hydrogen) atoms. The molecule has 154 valence electrons. The zero-order valence-corrected chi connectivity index (χ0v) is 17.6. The second-order valence-corrected chi connectivity index (χ2v) is 8.60. The summed E-state index contributed by atoms with van der Waals surface area (Å²) in [5.74, 6) is -1.86. The Labute approximate surface area is 176 Å². The fourth-order valence-electron chi connectivity index (χ4n) is 3.71. The molecular weight excluding hydrogens is 376 g/mol. The van der Waals surface area contributed by atoms with Gasteiger partial charge in [-0.1, -0.05) is 76.2 Å². The van der Waals surface area contributed by atoms with E-state index in [0.717, 1.165) is 22.3 Å². The Bertz CT molecular complexity index is 1070. The van der Waals surface area contributed by atoms with Crippen LogP contribution in [0.4, 0.5) is 0 Å². The minimum absolute atomic E-state index is 0.273. The predicted molar refractivity (Wildman–Crippen MR) is 118 cm³/mol. The van der Waals surface area contributed by atoms with Gasteiger partial charge in [-0.05, 0) is 46.5 Å². The highest BCUT2D eigenvalue weighted by Gasteiger charge is 2.27. The van der Waals surface area contributed by atoms with Crippen LogP contribution in [-0.2, 0) is 10.8 Å². The minimum atomic E-state index is -0.932. The van der Waals surface area contributed by atoms with Gasteiger partial charge in [-0.15, -0.1) is 0 Å². The van der Waals surface area contributed by atoms with E-state index in [2.05, 4.69) is 52.0 Å². The molecule has 0 heterocycles. The van der Waals surface area contributed by atoms with Gasteiger partial charge >= 0.3 is 11.9 Å². The molecule has 0 aliphatic carbocycles. The van der Waals surface area contributed by atoms with Gasteiger partial charge in [0.25, 0.3) is 0 Å². The van der Waals surface area contributed by atoms with Crippen LogP contribution in [0.1, 0.15) is 70.7 Å². The maximum absolute atomic E-state index is 11.3. The summed E-state index contributed by atoms with van der Waals surface area (Å²) in [4.78, 5) is 22.4. The summed E-state index contributed by atoms with van der Waals surface area (Å²) in [6.07, 6.45) is 0. The third kappa shape index (κ3) is 3.99. The van der Waals surface area contributed by atoms with Gasteiger partial charge in [0.05, 0.1) is 11.1 Å². The molecule has 0 saturated carbocycles. The molecule has 4 heteroatoms. The standard InChI is InChI=1S/C26H26O4/c1-25(2,19-10-8-17(9-11-19)23(27)28)20-12-14-21(15-13-20)26(3,4)22-7-5-6-18(16-22)24(29)30/h5-16H,1-4H3,(H,27,28)(H,29,30). The molecule has 0 unspecified atom stereocenters.